The molecule has 0 atom stereocenters. The van der Waals surface area contributed by atoms with Crippen molar-refractivity contribution in [1.29, 1.82) is 0 Å². The van der Waals surface area contributed by atoms with Gasteiger partial charge in [-0.3, -0.25) is 9.59 Å². The molecule has 6 nitrogen and oxygen atoms in total. The van der Waals surface area contributed by atoms with Gasteiger partial charge in [0.2, 0.25) is 5.91 Å². The summed E-state index contributed by atoms with van der Waals surface area (Å²) in [6.07, 6.45) is -0.00218. The Hall–Kier alpha value is -3.15. The second-order valence-corrected chi connectivity index (χ2v) is 5.12. The van der Waals surface area contributed by atoms with Crippen LogP contribution in [0.15, 0.2) is 53.1 Å². The van der Waals surface area contributed by atoms with Gasteiger partial charge in [0.1, 0.15) is 5.69 Å². The SMILES string of the molecule is O=C(O)Cc1cccc(NC(=O)Cc2noc3ccccc23)c1. The number of para-hydroxylation sites is 1. The fourth-order valence-electron chi connectivity index (χ4n) is 2.36. The van der Waals surface area contributed by atoms with Crippen molar-refractivity contribution in [2.24, 2.45) is 0 Å². The van der Waals surface area contributed by atoms with E-state index in [0.717, 1.165) is 5.39 Å². The van der Waals surface area contributed by atoms with E-state index in [2.05, 4.69) is 10.5 Å². The summed E-state index contributed by atoms with van der Waals surface area (Å²) in [5, 5.41) is 16.3. The number of nitrogens with zero attached hydrogens (tertiary/aromatic N) is 1. The summed E-state index contributed by atoms with van der Waals surface area (Å²) in [5.74, 6) is -1.15. The van der Waals surface area contributed by atoms with Crippen molar-refractivity contribution >= 4 is 28.5 Å². The third-order valence-electron chi connectivity index (χ3n) is 3.35. The maximum Gasteiger partial charge on any atom is 0.307 e. The first-order valence-electron chi connectivity index (χ1n) is 7.06. The molecule has 0 saturated carbocycles. The fraction of sp³-hybridized carbons (Fsp3) is 0.118. The van der Waals surface area contributed by atoms with Crippen molar-refractivity contribution in [3.05, 3.63) is 59.8 Å². The number of rotatable bonds is 5. The number of carboxylic acids is 1. The van der Waals surface area contributed by atoms with Gasteiger partial charge < -0.3 is 14.9 Å². The number of aromatic nitrogens is 1. The minimum Gasteiger partial charge on any atom is -0.481 e. The van der Waals surface area contributed by atoms with Gasteiger partial charge in [-0.15, -0.1) is 0 Å². The Morgan fingerprint density at radius 1 is 1.09 bits per heavy atom. The van der Waals surface area contributed by atoms with Crippen LogP contribution in [0.25, 0.3) is 11.0 Å². The number of fused-ring (bicyclic) bond motifs is 1. The molecule has 3 rings (SSSR count). The van der Waals surface area contributed by atoms with Crippen LogP contribution >= 0.6 is 0 Å². The lowest BCUT2D eigenvalue weighted by Crippen LogP contribution is -2.15. The molecular weight excluding hydrogens is 296 g/mol. The molecule has 6 heteroatoms. The van der Waals surface area contributed by atoms with E-state index < -0.39 is 5.97 Å². The van der Waals surface area contributed by atoms with Gasteiger partial charge in [0, 0.05) is 11.1 Å². The average molecular weight is 310 g/mol. The number of amides is 1. The molecule has 2 N–H and O–H groups in total. The first-order valence-corrected chi connectivity index (χ1v) is 7.06. The maximum absolute atomic E-state index is 12.1. The number of aliphatic carboxylic acids is 1. The van der Waals surface area contributed by atoms with Crippen LogP contribution in [0.2, 0.25) is 0 Å². The Labute approximate surface area is 131 Å². The van der Waals surface area contributed by atoms with Crippen LogP contribution in [-0.4, -0.2) is 22.1 Å². The number of benzene rings is 2. The minimum absolute atomic E-state index is 0.0835. The quantitative estimate of drug-likeness (QED) is 0.755. The second kappa shape index (κ2) is 6.31. The lowest BCUT2D eigenvalue weighted by molar-refractivity contribution is -0.136. The Morgan fingerprint density at radius 3 is 2.74 bits per heavy atom. The van der Waals surface area contributed by atoms with Gasteiger partial charge in [0.15, 0.2) is 5.58 Å². The van der Waals surface area contributed by atoms with E-state index in [9.17, 15) is 9.59 Å². The Kier molecular flexibility index (Phi) is 4.05. The van der Waals surface area contributed by atoms with E-state index >= 15 is 0 Å². The van der Waals surface area contributed by atoms with Crippen molar-refractivity contribution in [2.75, 3.05) is 5.32 Å². The Balaban J connectivity index is 1.71. The number of anilines is 1. The summed E-state index contributed by atoms with van der Waals surface area (Å²) in [7, 11) is 0. The van der Waals surface area contributed by atoms with Gasteiger partial charge in [-0.2, -0.15) is 0 Å². The largest absolute Gasteiger partial charge is 0.481 e. The summed E-state index contributed by atoms with van der Waals surface area (Å²) >= 11 is 0. The number of carbonyl (C=O) groups is 2. The number of carbonyl (C=O) groups excluding carboxylic acids is 1. The van der Waals surface area contributed by atoms with Crippen molar-refractivity contribution in [2.45, 2.75) is 12.8 Å². The number of hydrogen-bond donors (Lipinski definition) is 2. The molecule has 0 aliphatic heterocycles. The van der Waals surface area contributed by atoms with Gasteiger partial charge in [-0.1, -0.05) is 29.4 Å². The van der Waals surface area contributed by atoms with E-state index in [0.29, 0.717) is 22.5 Å². The summed E-state index contributed by atoms with van der Waals surface area (Å²) in [4.78, 5) is 22.9. The summed E-state index contributed by atoms with van der Waals surface area (Å²) in [6, 6.07) is 14.1. The smallest absolute Gasteiger partial charge is 0.307 e. The Morgan fingerprint density at radius 2 is 1.91 bits per heavy atom. The molecule has 0 bridgehead atoms. The molecule has 0 unspecified atom stereocenters. The van der Waals surface area contributed by atoms with E-state index in [4.69, 9.17) is 9.63 Å². The molecule has 116 valence electrons. The normalized spacial score (nSPS) is 10.6. The fourth-order valence-corrected chi connectivity index (χ4v) is 2.36. The third kappa shape index (κ3) is 3.55. The van der Waals surface area contributed by atoms with Crippen LogP contribution in [-0.2, 0) is 22.4 Å². The van der Waals surface area contributed by atoms with E-state index in [1.165, 1.54) is 0 Å². The first kappa shape index (κ1) is 14.8. The molecule has 1 heterocycles. The topological polar surface area (TPSA) is 92.4 Å². The van der Waals surface area contributed by atoms with Crippen LogP contribution in [0.4, 0.5) is 5.69 Å². The minimum atomic E-state index is -0.914. The predicted octanol–water partition coefficient (Wildman–Crippen LogP) is 2.64. The summed E-state index contributed by atoms with van der Waals surface area (Å²) < 4.78 is 5.17. The highest BCUT2D eigenvalue weighted by Gasteiger charge is 2.12. The van der Waals surface area contributed by atoms with Gasteiger partial charge in [0.25, 0.3) is 0 Å². The average Bonchev–Trinajstić information content (AvgIpc) is 2.90. The highest BCUT2D eigenvalue weighted by atomic mass is 16.5. The molecule has 0 aliphatic carbocycles. The van der Waals surface area contributed by atoms with Crippen molar-refractivity contribution in [3.8, 4) is 0 Å². The van der Waals surface area contributed by atoms with Crippen molar-refractivity contribution < 1.29 is 19.2 Å². The molecule has 23 heavy (non-hydrogen) atoms. The van der Waals surface area contributed by atoms with Crippen LogP contribution in [0, 0.1) is 0 Å². The number of carboxylic acid groups (broad SMARTS) is 1. The highest BCUT2D eigenvalue weighted by molar-refractivity contribution is 5.94. The van der Waals surface area contributed by atoms with E-state index in [-0.39, 0.29) is 18.7 Å². The van der Waals surface area contributed by atoms with Crippen LogP contribution < -0.4 is 5.32 Å². The van der Waals surface area contributed by atoms with Crippen molar-refractivity contribution in [1.82, 2.24) is 5.16 Å². The molecule has 2 aromatic carbocycles. The first-order chi connectivity index (χ1) is 11.1. The molecule has 0 aliphatic rings. The molecule has 0 radical (unpaired) electrons. The Bertz CT molecular complexity index is 870. The maximum atomic E-state index is 12.1. The van der Waals surface area contributed by atoms with Gasteiger partial charge >= 0.3 is 5.97 Å². The van der Waals surface area contributed by atoms with Gasteiger partial charge in [0.05, 0.1) is 12.8 Å². The molecule has 0 saturated heterocycles. The highest BCUT2D eigenvalue weighted by Crippen LogP contribution is 2.19. The summed E-state index contributed by atoms with van der Waals surface area (Å²) in [5.41, 5.74) is 2.39. The molecule has 1 amide bonds. The number of nitrogens with one attached hydrogen (secondary N) is 1. The zero-order valence-corrected chi connectivity index (χ0v) is 12.2. The van der Waals surface area contributed by atoms with Crippen LogP contribution in [0.5, 0.6) is 0 Å². The third-order valence-corrected chi connectivity index (χ3v) is 3.35. The molecule has 1 aromatic heterocycles. The van der Waals surface area contributed by atoms with E-state index in [1.54, 1.807) is 30.3 Å². The standard InChI is InChI=1S/C17H14N2O4/c20-16(10-14-13-6-1-2-7-15(13)23-19-14)18-12-5-3-4-11(8-12)9-17(21)22/h1-8H,9-10H2,(H,18,20)(H,21,22). The second-order valence-electron chi connectivity index (χ2n) is 5.12. The van der Waals surface area contributed by atoms with Gasteiger partial charge in [-0.05, 0) is 29.8 Å². The lowest BCUT2D eigenvalue weighted by atomic mass is 10.1. The zero-order valence-electron chi connectivity index (χ0n) is 12.2. The zero-order chi connectivity index (χ0) is 16.2. The van der Waals surface area contributed by atoms with Crippen LogP contribution in [0.3, 0.4) is 0 Å². The van der Waals surface area contributed by atoms with Crippen LogP contribution in [0.1, 0.15) is 11.3 Å². The molecular formula is C17H14N2O4. The predicted molar refractivity (Wildman–Crippen MR) is 84.1 cm³/mol. The summed E-state index contributed by atoms with van der Waals surface area (Å²) in [6.45, 7) is 0. The lowest BCUT2D eigenvalue weighted by Gasteiger charge is -2.06. The van der Waals surface area contributed by atoms with Gasteiger partial charge in [-0.25, -0.2) is 0 Å². The molecule has 0 fully saturated rings. The monoisotopic (exact) mass is 310 g/mol. The number of hydrogen-bond acceptors (Lipinski definition) is 4. The van der Waals surface area contributed by atoms with Crippen molar-refractivity contribution in [3.63, 3.8) is 0 Å². The van der Waals surface area contributed by atoms with E-state index in [1.807, 2.05) is 18.2 Å². The molecule has 0 spiro atoms. The molecule has 3 aromatic rings.